The van der Waals surface area contributed by atoms with Crippen molar-refractivity contribution in [3.05, 3.63) is 35.9 Å². The van der Waals surface area contributed by atoms with Crippen molar-refractivity contribution in [2.45, 2.75) is 104 Å². The van der Waals surface area contributed by atoms with Gasteiger partial charge in [-0.1, -0.05) is 95.5 Å². The minimum atomic E-state index is 0.657. The van der Waals surface area contributed by atoms with Crippen molar-refractivity contribution in [3.8, 4) is 0 Å². The molecular formula is C25H46N+. The molecule has 1 nitrogen and oxygen atoms in total. The topological polar surface area (TPSA) is 0 Å². The van der Waals surface area contributed by atoms with Crippen LogP contribution >= 0.6 is 0 Å². The molecule has 1 aromatic carbocycles. The molecule has 0 aliphatic carbocycles. The first-order valence-electron chi connectivity index (χ1n) is 11.6. The van der Waals surface area contributed by atoms with Crippen molar-refractivity contribution in [1.82, 2.24) is 0 Å². The quantitative estimate of drug-likeness (QED) is 0.207. The Kier molecular flexibility index (Phi) is 12.7. The van der Waals surface area contributed by atoms with E-state index in [0.29, 0.717) is 6.04 Å². The second-order valence-electron chi connectivity index (χ2n) is 8.09. The van der Waals surface area contributed by atoms with Gasteiger partial charge in [-0.05, 0) is 26.7 Å². The molecule has 1 heteroatoms. The van der Waals surface area contributed by atoms with Crippen molar-refractivity contribution in [2.24, 2.45) is 0 Å². The Morgan fingerprint density at radius 3 is 1.62 bits per heavy atom. The van der Waals surface area contributed by atoms with Crippen LogP contribution in [-0.4, -0.2) is 24.1 Å². The third kappa shape index (κ3) is 7.82. The summed E-state index contributed by atoms with van der Waals surface area (Å²) < 4.78 is 1.26. The van der Waals surface area contributed by atoms with Gasteiger partial charge in [-0.3, -0.25) is 0 Å². The van der Waals surface area contributed by atoms with E-state index >= 15 is 0 Å². The van der Waals surface area contributed by atoms with Crippen LogP contribution in [0.15, 0.2) is 30.3 Å². The van der Waals surface area contributed by atoms with Crippen LogP contribution in [0.25, 0.3) is 0 Å². The standard InChI is InChI=1S/C25H46N/c1-5-9-10-11-12-13-14-15-16-20-23-26(7-3,8-4)25(6-2)24-21-18-17-19-22-24/h17-19,21-22,25H,5-16,20,23H2,1-4H3/q+1. The number of hydrogen-bond donors (Lipinski definition) is 0. The van der Waals surface area contributed by atoms with E-state index in [0.717, 1.165) is 0 Å². The average Bonchev–Trinajstić information content (AvgIpc) is 2.69. The molecule has 1 aromatic rings. The van der Waals surface area contributed by atoms with Gasteiger partial charge in [0.15, 0.2) is 0 Å². The number of hydrogen-bond acceptors (Lipinski definition) is 0. The van der Waals surface area contributed by atoms with E-state index in [1.54, 1.807) is 0 Å². The number of unbranched alkanes of at least 4 members (excludes halogenated alkanes) is 9. The summed E-state index contributed by atoms with van der Waals surface area (Å²) in [5.74, 6) is 0. The second kappa shape index (κ2) is 14.3. The Morgan fingerprint density at radius 2 is 1.15 bits per heavy atom. The van der Waals surface area contributed by atoms with Gasteiger partial charge in [-0.25, -0.2) is 0 Å². The molecule has 1 rings (SSSR count). The van der Waals surface area contributed by atoms with E-state index in [2.05, 4.69) is 58.0 Å². The van der Waals surface area contributed by atoms with Gasteiger partial charge in [0.1, 0.15) is 6.04 Å². The maximum Gasteiger partial charge on any atom is 0.114 e. The highest BCUT2D eigenvalue weighted by molar-refractivity contribution is 5.17. The molecule has 26 heavy (non-hydrogen) atoms. The monoisotopic (exact) mass is 360 g/mol. The lowest BCUT2D eigenvalue weighted by molar-refractivity contribution is -0.954. The van der Waals surface area contributed by atoms with Gasteiger partial charge in [0.2, 0.25) is 0 Å². The van der Waals surface area contributed by atoms with Crippen molar-refractivity contribution in [3.63, 3.8) is 0 Å². The summed E-state index contributed by atoms with van der Waals surface area (Å²) in [6.45, 7) is 13.3. The lowest BCUT2D eigenvalue weighted by Gasteiger charge is -2.44. The number of benzene rings is 1. The molecule has 0 saturated heterocycles. The Labute approximate surface area is 164 Å². The minimum Gasteiger partial charge on any atom is -0.318 e. The molecule has 0 N–H and O–H groups in total. The molecule has 0 aromatic heterocycles. The highest BCUT2D eigenvalue weighted by atomic mass is 15.4. The van der Waals surface area contributed by atoms with Crippen LogP contribution in [-0.2, 0) is 0 Å². The molecule has 0 amide bonds. The van der Waals surface area contributed by atoms with E-state index in [1.807, 2.05) is 0 Å². The first kappa shape index (κ1) is 23.2. The number of nitrogens with zero attached hydrogens (tertiary/aromatic N) is 1. The molecule has 1 unspecified atom stereocenters. The Bertz CT molecular complexity index is 421. The van der Waals surface area contributed by atoms with Gasteiger partial charge < -0.3 is 4.48 Å². The predicted octanol–water partition coefficient (Wildman–Crippen LogP) is 7.92. The van der Waals surface area contributed by atoms with Crippen LogP contribution in [0.2, 0.25) is 0 Å². The first-order valence-corrected chi connectivity index (χ1v) is 11.6. The zero-order valence-corrected chi connectivity index (χ0v) is 18.3. The van der Waals surface area contributed by atoms with Gasteiger partial charge >= 0.3 is 0 Å². The normalized spacial score (nSPS) is 13.1. The Morgan fingerprint density at radius 1 is 0.654 bits per heavy atom. The van der Waals surface area contributed by atoms with Gasteiger partial charge in [-0.15, -0.1) is 0 Å². The molecule has 150 valence electrons. The zero-order chi connectivity index (χ0) is 19.1. The third-order valence-electron chi connectivity index (χ3n) is 6.45. The SMILES string of the molecule is CCCCCCCCCCCC[N+](CC)(CC)C(CC)c1ccccc1. The van der Waals surface area contributed by atoms with Crippen molar-refractivity contribution >= 4 is 0 Å². The molecule has 0 radical (unpaired) electrons. The summed E-state index contributed by atoms with van der Waals surface area (Å²) in [5, 5.41) is 0. The first-order chi connectivity index (χ1) is 12.7. The van der Waals surface area contributed by atoms with E-state index in [9.17, 15) is 0 Å². The number of quaternary nitrogens is 1. The maximum absolute atomic E-state index is 2.39. The summed E-state index contributed by atoms with van der Waals surface area (Å²) in [4.78, 5) is 0. The summed E-state index contributed by atoms with van der Waals surface area (Å²) >= 11 is 0. The van der Waals surface area contributed by atoms with Gasteiger partial charge in [-0.2, -0.15) is 0 Å². The molecule has 0 aliphatic heterocycles. The molecule has 0 fully saturated rings. The fourth-order valence-corrected chi connectivity index (χ4v) is 4.66. The molecule has 0 spiro atoms. The number of rotatable bonds is 16. The van der Waals surface area contributed by atoms with E-state index < -0.39 is 0 Å². The Balaban J connectivity index is 2.38. The van der Waals surface area contributed by atoms with Gasteiger partial charge in [0.25, 0.3) is 0 Å². The second-order valence-corrected chi connectivity index (χ2v) is 8.09. The summed E-state index contributed by atoms with van der Waals surface area (Å²) in [5.41, 5.74) is 1.53. The minimum absolute atomic E-state index is 0.657. The van der Waals surface area contributed by atoms with Crippen molar-refractivity contribution in [1.29, 1.82) is 0 Å². The summed E-state index contributed by atoms with van der Waals surface area (Å²) in [7, 11) is 0. The molecule has 0 aliphatic rings. The van der Waals surface area contributed by atoms with E-state index in [4.69, 9.17) is 0 Å². The molecular weight excluding hydrogens is 314 g/mol. The summed E-state index contributed by atoms with van der Waals surface area (Å²) in [6.07, 6.45) is 15.5. The average molecular weight is 361 g/mol. The highest BCUT2D eigenvalue weighted by Crippen LogP contribution is 2.32. The molecule has 1 atom stereocenters. The zero-order valence-electron chi connectivity index (χ0n) is 18.3. The molecule has 0 heterocycles. The van der Waals surface area contributed by atoms with E-state index in [-0.39, 0.29) is 0 Å². The highest BCUT2D eigenvalue weighted by Gasteiger charge is 2.33. The van der Waals surface area contributed by atoms with Crippen LogP contribution in [0, 0.1) is 0 Å². The van der Waals surface area contributed by atoms with Crippen LogP contribution in [0.4, 0.5) is 0 Å². The van der Waals surface area contributed by atoms with E-state index in [1.165, 1.54) is 100 Å². The van der Waals surface area contributed by atoms with Crippen LogP contribution in [0.5, 0.6) is 0 Å². The third-order valence-corrected chi connectivity index (χ3v) is 6.45. The van der Waals surface area contributed by atoms with Gasteiger partial charge in [0.05, 0.1) is 19.6 Å². The fraction of sp³-hybridized carbons (Fsp3) is 0.760. The summed E-state index contributed by atoms with van der Waals surface area (Å²) in [6, 6.07) is 11.9. The van der Waals surface area contributed by atoms with Crippen molar-refractivity contribution < 1.29 is 4.48 Å². The van der Waals surface area contributed by atoms with Crippen molar-refractivity contribution in [2.75, 3.05) is 19.6 Å². The smallest absolute Gasteiger partial charge is 0.114 e. The molecule has 0 bridgehead atoms. The van der Waals surface area contributed by atoms with Gasteiger partial charge in [0, 0.05) is 12.0 Å². The largest absolute Gasteiger partial charge is 0.318 e. The van der Waals surface area contributed by atoms with Crippen LogP contribution in [0.1, 0.15) is 110 Å². The maximum atomic E-state index is 2.39. The lowest BCUT2D eigenvalue weighted by Crippen LogP contribution is -2.50. The van der Waals surface area contributed by atoms with Crippen LogP contribution < -0.4 is 0 Å². The predicted molar refractivity (Wildman–Crippen MR) is 118 cm³/mol. The van der Waals surface area contributed by atoms with Crippen LogP contribution in [0.3, 0.4) is 0 Å². The lowest BCUT2D eigenvalue weighted by atomic mass is 9.98. The Hall–Kier alpha value is -0.820. The fourth-order valence-electron chi connectivity index (χ4n) is 4.66. The molecule has 0 saturated carbocycles.